The number of hydrogen-bond acceptors (Lipinski definition) is 5. The van der Waals surface area contributed by atoms with E-state index in [1.807, 2.05) is 6.92 Å². The first kappa shape index (κ1) is 23.1. The summed E-state index contributed by atoms with van der Waals surface area (Å²) in [6.07, 6.45) is 2.15. The number of carboxylic acid groups (broad SMARTS) is 1. The molecule has 0 bridgehead atoms. The van der Waals surface area contributed by atoms with Gasteiger partial charge in [-0.3, -0.25) is 9.80 Å². The SMILES string of the molecule is Cc1c(C(=O)O)cc2cc(-c3ccc(CN4CCOCC4)cc3)cn2c1C(C)N1CCOCC1. The Morgan fingerprint density at radius 2 is 1.62 bits per heavy atom. The number of benzene rings is 1. The molecule has 1 aromatic carbocycles. The van der Waals surface area contributed by atoms with Crippen molar-refractivity contribution in [2.75, 3.05) is 52.6 Å². The third-order valence-electron chi connectivity index (χ3n) is 7.21. The Hall–Kier alpha value is -2.71. The zero-order valence-electron chi connectivity index (χ0n) is 20.0. The average Bonchev–Trinajstić information content (AvgIpc) is 3.28. The molecule has 2 aliphatic heterocycles. The summed E-state index contributed by atoms with van der Waals surface area (Å²) >= 11 is 0. The van der Waals surface area contributed by atoms with Crippen LogP contribution in [0, 0.1) is 6.92 Å². The minimum absolute atomic E-state index is 0.0850. The maximum absolute atomic E-state index is 12.0. The Bertz CT molecular complexity index is 1160. The fraction of sp³-hybridized carbons (Fsp3) is 0.444. The molecule has 2 saturated heterocycles. The van der Waals surface area contributed by atoms with Crippen molar-refractivity contribution in [2.45, 2.75) is 26.4 Å². The lowest BCUT2D eigenvalue weighted by Gasteiger charge is -2.34. The zero-order valence-corrected chi connectivity index (χ0v) is 20.0. The maximum Gasteiger partial charge on any atom is 0.336 e. The first-order chi connectivity index (χ1) is 16.5. The molecule has 7 nitrogen and oxygen atoms in total. The molecule has 2 fully saturated rings. The van der Waals surface area contributed by atoms with Crippen LogP contribution in [0.5, 0.6) is 0 Å². The first-order valence-electron chi connectivity index (χ1n) is 12.1. The molecule has 0 spiro atoms. The normalized spacial score (nSPS) is 18.9. The van der Waals surface area contributed by atoms with Crippen molar-refractivity contribution in [3.63, 3.8) is 0 Å². The van der Waals surface area contributed by atoms with Gasteiger partial charge >= 0.3 is 5.97 Å². The van der Waals surface area contributed by atoms with Crippen LogP contribution in [0.3, 0.4) is 0 Å². The molecule has 1 atom stereocenters. The number of carboxylic acids is 1. The largest absolute Gasteiger partial charge is 0.478 e. The molecular formula is C27H33N3O4. The van der Waals surface area contributed by atoms with Gasteiger partial charge in [0.05, 0.1) is 32.0 Å². The lowest BCUT2D eigenvalue weighted by Crippen LogP contribution is -2.39. The molecule has 5 rings (SSSR count). The van der Waals surface area contributed by atoms with E-state index in [1.54, 1.807) is 6.07 Å². The van der Waals surface area contributed by atoms with Crippen LogP contribution >= 0.6 is 0 Å². The van der Waals surface area contributed by atoms with Gasteiger partial charge in [0.2, 0.25) is 0 Å². The third-order valence-corrected chi connectivity index (χ3v) is 7.21. The zero-order chi connectivity index (χ0) is 23.7. The van der Waals surface area contributed by atoms with Gasteiger partial charge in [0, 0.05) is 61.7 Å². The minimum atomic E-state index is -0.884. The fourth-order valence-electron chi connectivity index (χ4n) is 5.23. The van der Waals surface area contributed by atoms with Crippen LogP contribution in [-0.4, -0.2) is 77.9 Å². The predicted molar refractivity (Wildman–Crippen MR) is 131 cm³/mol. The minimum Gasteiger partial charge on any atom is -0.478 e. The Balaban J connectivity index is 1.48. The van der Waals surface area contributed by atoms with Crippen LogP contribution in [0.15, 0.2) is 42.6 Å². The van der Waals surface area contributed by atoms with Gasteiger partial charge in [-0.2, -0.15) is 0 Å². The number of morpholine rings is 2. The van der Waals surface area contributed by atoms with Crippen molar-refractivity contribution in [2.24, 2.45) is 0 Å². The van der Waals surface area contributed by atoms with Crippen LogP contribution in [0.2, 0.25) is 0 Å². The van der Waals surface area contributed by atoms with Gasteiger partial charge in [0.25, 0.3) is 0 Å². The molecule has 3 aromatic rings. The van der Waals surface area contributed by atoms with E-state index in [4.69, 9.17) is 9.47 Å². The number of nitrogens with zero attached hydrogens (tertiary/aromatic N) is 3. The van der Waals surface area contributed by atoms with Gasteiger partial charge in [0.15, 0.2) is 0 Å². The quantitative estimate of drug-likeness (QED) is 0.599. The molecule has 2 aliphatic rings. The van der Waals surface area contributed by atoms with E-state index in [0.29, 0.717) is 18.8 Å². The van der Waals surface area contributed by atoms with E-state index in [-0.39, 0.29) is 6.04 Å². The fourth-order valence-corrected chi connectivity index (χ4v) is 5.23. The number of carbonyl (C=O) groups is 1. The smallest absolute Gasteiger partial charge is 0.336 e. The molecule has 1 N–H and O–H groups in total. The summed E-state index contributed by atoms with van der Waals surface area (Å²) in [5.74, 6) is -0.884. The van der Waals surface area contributed by atoms with E-state index in [1.165, 1.54) is 5.56 Å². The third kappa shape index (κ3) is 4.61. The second-order valence-electron chi connectivity index (χ2n) is 9.31. The highest BCUT2D eigenvalue weighted by Gasteiger charge is 2.25. The predicted octanol–water partition coefficient (Wildman–Crippen LogP) is 3.84. The van der Waals surface area contributed by atoms with Crippen molar-refractivity contribution in [3.8, 4) is 11.1 Å². The summed E-state index contributed by atoms with van der Waals surface area (Å²) in [6.45, 7) is 11.7. The summed E-state index contributed by atoms with van der Waals surface area (Å²) in [4.78, 5) is 16.8. The average molecular weight is 464 g/mol. The summed E-state index contributed by atoms with van der Waals surface area (Å²) < 4.78 is 13.2. The van der Waals surface area contributed by atoms with Gasteiger partial charge in [-0.15, -0.1) is 0 Å². The van der Waals surface area contributed by atoms with Crippen molar-refractivity contribution in [1.29, 1.82) is 0 Å². The number of rotatable bonds is 6. The maximum atomic E-state index is 12.0. The van der Waals surface area contributed by atoms with Crippen LogP contribution in [0.4, 0.5) is 0 Å². The van der Waals surface area contributed by atoms with E-state index in [0.717, 1.165) is 73.8 Å². The summed E-state index contributed by atoms with van der Waals surface area (Å²) in [7, 11) is 0. The monoisotopic (exact) mass is 463 g/mol. The topological polar surface area (TPSA) is 66.6 Å². The number of ether oxygens (including phenoxy) is 2. The number of hydrogen-bond donors (Lipinski definition) is 1. The second kappa shape index (κ2) is 9.88. The highest BCUT2D eigenvalue weighted by atomic mass is 16.5. The molecule has 1 unspecified atom stereocenters. The van der Waals surface area contributed by atoms with Crippen molar-refractivity contribution < 1.29 is 19.4 Å². The Labute approximate surface area is 200 Å². The van der Waals surface area contributed by atoms with Gasteiger partial charge < -0.3 is 19.0 Å². The summed E-state index contributed by atoms with van der Waals surface area (Å²) in [5, 5.41) is 9.88. The van der Waals surface area contributed by atoms with E-state index in [2.05, 4.69) is 57.7 Å². The van der Waals surface area contributed by atoms with Crippen LogP contribution in [-0.2, 0) is 16.0 Å². The van der Waals surface area contributed by atoms with Crippen molar-refractivity contribution in [3.05, 3.63) is 65.0 Å². The highest BCUT2D eigenvalue weighted by Crippen LogP contribution is 2.32. The highest BCUT2D eigenvalue weighted by molar-refractivity contribution is 5.91. The molecule has 0 aliphatic carbocycles. The van der Waals surface area contributed by atoms with Gasteiger partial charge in [-0.1, -0.05) is 24.3 Å². The van der Waals surface area contributed by atoms with Crippen LogP contribution in [0.1, 0.15) is 40.1 Å². The molecule has 7 heteroatoms. The Morgan fingerprint density at radius 3 is 2.26 bits per heavy atom. The first-order valence-corrected chi connectivity index (χ1v) is 12.1. The standard InChI is InChI=1S/C27H33N3O4/c1-19-25(27(31)32)16-24-15-23(18-30(24)26(19)20(2)29-9-13-34-14-10-29)22-5-3-21(4-6-22)17-28-7-11-33-12-8-28/h3-6,15-16,18,20H,7-14,17H2,1-2H3,(H,31,32). The molecule has 0 radical (unpaired) electrons. The van der Waals surface area contributed by atoms with Crippen molar-refractivity contribution in [1.82, 2.24) is 14.2 Å². The molecular weight excluding hydrogens is 430 g/mol. The lowest BCUT2D eigenvalue weighted by atomic mass is 10.0. The van der Waals surface area contributed by atoms with Gasteiger partial charge in [0.1, 0.15) is 0 Å². The van der Waals surface area contributed by atoms with Crippen molar-refractivity contribution >= 4 is 11.5 Å². The lowest BCUT2D eigenvalue weighted by molar-refractivity contribution is 0.0187. The Morgan fingerprint density at radius 1 is 0.971 bits per heavy atom. The number of aromatic carboxylic acids is 1. The molecule has 34 heavy (non-hydrogen) atoms. The van der Waals surface area contributed by atoms with E-state index < -0.39 is 5.97 Å². The summed E-state index contributed by atoms with van der Waals surface area (Å²) in [6, 6.07) is 12.7. The molecule has 2 aromatic heterocycles. The molecule has 0 amide bonds. The number of pyridine rings is 1. The van der Waals surface area contributed by atoms with E-state index >= 15 is 0 Å². The summed E-state index contributed by atoms with van der Waals surface area (Å²) in [5.41, 5.74) is 6.65. The number of aromatic nitrogens is 1. The number of fused-ring (bicyclic) bond motifs is 1. The van der Waals surface area contributed by atoms with E-state index in [9.17, 15) is 9.90 Å². The van der Waals surface area contributed by atoms with Crippen LogP contribution < -0.4 is 0 Å². The van der Waals surface area contributed by atoms with Gasteiger partial charge in [-0.05, 0) is 42.7 Å². The Kier molecular flexibility index (Phi) is 6.70. The van der Waals surface area contributed by atoms with Crippen LogP contribution in [0.25, 0.3) is 16.6 Å². The van der Waals surface area contributed by atoms with Gasteiger partial charge in [-0.25, -0.2) is 4.79 Å². The molecule has 0 saturated carbocycles. The molecule has 180 valence electrons. The molecule has 4 heterocycles. The second-order valence-corrected chi connectivity index (χ2v) is 9.31.